The van der Waals surface area contributed by atoms with Crippen molar-refractivity contribution in [1.29, 1.82) is 0 Å². The molecule has 0 bridgehead atoms. The summed E-state index contributed by atoms with van der Waals surface area (Å²) in [5.41, 5.74) is 20.7. The molecule has 4 heteroatoms. The molecule has 0 fully saturated rings. The molecule has 0 saturated carbocycles. The number of aryl methyl sites for hydroxylation is 2. The Morgan fingerprint density at radius 1 is 0.284 bits per heavy atom. The van der Waals surface area contributed by atoms with E-state index >= 15 is 0 Å². The zero-order valence-corrected chi connectivity index (χ0v) is 37.1. The van der Waals surface area contributed by atoms with Crippen molar-refractivity contribution in [2.75, 3.05) is 0 Å². The summed E-state index contributed by atoms with van der Waals surface area (Å²) in [5, 5.41) is 4.30. The minimum Gasteiger partial charge on any atom is -0.251 e. The number of hydrogen-bond acceptors (Lipinski definition) is 4. The molecule has 314 valence electrons. The van der Waals surface area contributed by atoms with Crippen LogP contribution in [0.5, 0.6) is 0 Å². The summed E-state index contributed by atoms with van der Waals surface area (Å²) >= 11 is 0. The molecule has 8 aromatic carbocycles. The van der Waals surface area contributed by atoms with Gasteiger partial charge in [0.2, 0.25) is 0 Å². The van der Waals surface area contributed by atoms with E-state index in [1.54, 1.807) is 0 Å². The Morgan fingerprint density at radius 2 is 0.657 bits per heavy atom. The Balaban J connectivity index is 1.09. The summed E-state index contributed by atoms with van der Waals surface area (Å²) < 4.78 is 0. The Hall–Kier alpha value is -8.60. The van der Waals surface area contributed by atoms with Gasteiger partial charge in [0.25, 0.3) is 0 Å². The van der Waals surface area contributed by atoms with Crippen LogP contribution in [0.2, 0.25) is 0 Å². The van der Waals surface area contributed by atoms with Gasteiger partial charge in [-0.2, -0.15) is 0 Å². The van der Waals surface area contributed by atoms with Crippen molar-refractivity contribution < 1.29 is 0 Å². The Morgan fingerprint density at radius 3 is 1.09 bits per heavy atom. The fourth-order valence-electron chi connectivity index (χ4n) is 10.6. The number of rotatable bonds is 6. The van der Waals surface area contributed by atoms with Crippen molar-refractivity contribution in [3.8, 4) is 55.9 Å². The minimum atomic E-state index is -0.753. The Labute approximate surface area is 389 Å². The molecule has 4 aromatic heterocycles. The predicted octanol–water partition coefficient (Wildman–Crippen LogP) is 15.5. The molecular weight excluding hydrogens is 813 g/mol. The van der Waals surface area contributed by atoms with E-state index in [9.17, 15) is 0 Å². The number of aromatic nitrogens is 4. The first-order valence-electron chi connectivity index (χ1n) is 22.9. The zero-order chi connectivity index (χ0) is 44.6. The van der Waals surface area contributed by atoms with Gasteiger partial charge in [-0.25, -0.2) is 9.97 Å². The lowest BCUT2D eigenvalue weighted by Gasteiger charge is -2.35. The van der Waals surface area contributed by atoms with Crippen LogP contribution in [0.15, 0.2) is 218 Å². The van der Waals surface area contributed by atoms with E-state index in [1.807, 2.05) is 13.8 Å². The molecule has 0 atom stereocenters. The van der Waals surface area contributed by atoms with E-state index in [0.717, 1.165) is 88.6 Å². The van der Waals surface area contributed by atoms with E-state index in [2.05, 4.69) is 218 Å². The molecule has 67 heavy (non-hydrogen) atoms. The average molecular weight is 855 g/mol. The van der Waals surface area contributed by atoms with Crippen molar-refractivity contribution in [3.63, 3.8) is 0 Å². The molecule has 4 nitrogen and oxygen atoms in total. The van der Waals surface area contributed by atoms with Crippen LogP contribution in [-0.2, 0) is 5.41 Å². The van der Waals surface area contributed by atoms with Gasteiger partial charge in [-0.3, -0.25) is 9.97 Å². The van der Waals surface area contributed by atoms with Crippen LogP contribution in [0.4, 0.5) is 0 Å². The van der Waals surface area contributed by atoms with E-state index in [1.165, 1.54) is 44.5 Å². The van der Waals surface area contributed by atoms with Crippen molar-refractivity contribution in [1.82, 2.24) is 19.9 Å². The predicted molar refractivity (Wildman–Crippen MR) is 276 cm³/mol. The van der Waals surface area contributed by atoms with Crippen LogP contribution in [0.1, 0.15) is 33.6 Å². The van der Waals surface area contributed by atoms with Gasteiger partial charge in [0.1, 0.15) is 0 Å². The molecule has 1 aliphatic rings. The highest BCUT2D eigenvalue weighted by Crippen LogP contribution is 2.58. The zero-order valence-electron chi connectivity index (χ0n) is 37.1. The van der Waals surface area contributed by atoms with E-state index in [4.69, 9.17) is 19.9 Å². The van der Waals surface area contributed by atoms with E-state index in [-0.39, 0.29) is 0 Å². The van der Waals surface area contributed by atoms with Crippen LogP contribution in [0, 0.1) is 13.8 Å². The highest BCUT2D eigenvalue weighted by molar-refractivity contribution is 6.04. The van der Waals surface area contributed by atoms with E-state index < -0.39 is 5.41 Å². The quantitative estimate of drug-likeness (QED) is 0.156. The molecule has 13 rings (SSSR count). The summed E-state index contributed by atoms with van der Waals surface area (Å²) in [7, 11) is 0. The van der Waals surface area contributed by atoms with Crippen molar-refractivity contribution in [2.24, 2.45) is 0 Å². The molecule has 0 unspecified atom stereocenters. The van der Waals surface area contributed by atoms with E-state index in [0.29, 0.717) is 0 Å². The van der Waals surface area contributed by atoms with Gasteiger partial charge in [0.05, 0.1) is 38.9 Å². The summed E-state index contributed by atoms with van der Waals surface area (Å²) in [6.45, 7) is 4.08. The van der Waals surface area contributed by atoms with Crippen LogP contribution < -0.4 is 0 Å². The lowest BCUT2D eigenvalue weighted by Crippen LogP contribution is -2.29. The maximum absolute atomic E-state index is 5.40. The standard InChI is InChI=1S/C63H42N4/c1-39-19-21-43-23-25-45-29-33-57(66-61(45)59(43)64-39)49-15-9-17-51(35-49)63(52-18-10-16-50(36-52)58-34-30-46-26-24-44-22-20-40(2)65-60(44)62(46)67-58)55-37-47(41-11-5-3-6-12-41)27-31-53(55)54-32-28-48(38-56(54)63)42-13-7-4-8-14-42/h3-38H,1-2H3. The minimum absolute atomic E-state index is 0.753. The second-order valence-electron chi connectivity index (χ2n) is 17.9. The number of pyridine rings is 4. The molecule has 4 heterocycles. The van der Waals surface area contributed by atoms with Crippen molar-refractivity contribution in [3.05, 3.63) is 252 Å². The lowest BCUT2D eigenvalue weighted by molar-refractivity contribution is 0.769. The van der Waals surface area contributed by atoms with Crippen LogP contribution in [-0.4, -0.2) is 19.9 Å². The van der Waals surface area contributed by atoms with Gasteiger partial charge in [-0.15, -0.1) is 0 Å². The highest BCUT2D eigenvalue weighted by atomic mass is 14.8. The first-order chi connectivity index (χ1) is 33.0. The van der Waals surface area contributed by atoms with Gasteiger partial charge in [-0.1, -0.05) is 170 Å². The third-order valence-electron chi connectivity index (χ3n) is 13.9. The van der Waals surface area contributed by atoms with Gasteiger partial charge in [-0.05, 0) is 118 Å². The van der Waals surface area contributed by atoms with Gasteiger partial charge >= 0.3 is 0 Å². The number of nitrogens with zero attached hydrogens (tertiary/aromatic N) is 4. The van der Waals surface area contributed by atoms with Crippen LogP contribution in [0.25, 0.3) is 99.5 Å². The van der Waals surface area contributed by atoms with Gasteiger partial charge in [0, 0.05) is 44.1 Å². The first kappa shape index (κ1) is 38.8. The highest BCUT2D eigenvalue weighted by Gasteiger charge is 2.47. The summed E-state index contributed by atoms with van der Waals surface area (Å²) in [6.07, 6.45) is 0. The molecule has 1 aliphatic carbocycles. The fraction of sp³-hybridized carbons (Fsp3) is 0.0476. The second-order valence-corrected chi connectivity index (χ2v) is 17.9. The molecule has 0 amide bonds. The topological polar surface area (TPSA) is 51.6 Å². The first-order valence-corrected chi connectivity index (χ1v) is 22.9. The van der Waals surface area contributed by atoms with Crippen molar-refractivity contribution >= 4 is 43.6 Å². The monoisotopic (exact) mass is 854 g/mol. The number of benzene rings is 8. The Bertz CT molecular complexity index is 3690. The molecule has 12 aromatic rings. The summed E-state index contributed by atoms with van der Waals surface area (Å²) in [5.74, 6) is 0. The third-order valence-corrected chi connectivity index (χ3v) is 13.9. The Kier molecular flexibility index (Phi) is 8.84. The number of fused-ring (bicyclic) bond motifs is 9. The van der Waals surface area contributed by atoms with Crippen LogP contribution in [0.3, 0.4) is 0 Å². The van der Waals surface area contributed by atoms with Gasteiger partial charge < -0.3 is 0 Å². The van der Waals surface area contributed by atoms with Gasteiger partial charge in [0.15, 0.2) is 0 Å². The average Bonchev–Trinajstić information content (AvgIpc) is 3.68. The SMILES string of the molecule is Cc1ccc2ccc3ccc(-c4cccc(C5(c6cccc(-c7ccc8ccc9ccc(C)nc9c8n7)c6)c6cc(-c7ccccc7)ccc6-c6ccc(-c7ccccc7)cc65)c4)nc3c2n1. The molecular formula is C63H42N4. The summed E-state index contributed by atoms with van der Waals surface area (Å²) in [6, 6.07) is 79.4. The summed E-state index contributed by atoms with van der Waals surface area (Å²) in [4.78, 5) is 20.8. The third kappa shape index (κ3) is 6.29. The second kappa shape index (κ2) is 15.3. The molecule has 0 aliphatic heterocycles. The normalized spacial score (nSPS) is 12.7. The van der Waals surface area contributed by atoms with Crippen LogP contribution >= 0.6 is 0 Å². The lowest BCUT2D eigenvalue weighted by atomic mass is 9.66. The fourth-order valence-corrected chi connectivity index (χ4v) is 10.6. The number of hydrogen-bond donors (Lipinski definition) is 0. The molecule has 0 radical (unpaired) electrons. The maximum atomic E-state index is 5.40. The molecule has 0 spiro atoms. The largest absolute Gasteiger partial charge is 0.251 e. The molecule has 0 saturated heterocycles. The van der Waals surface area contributed by atoms with Crippen molar-refractivity contribution in [2.45, 2.75) is 19.3 Å². The molecule has 0 N–H and O–H groups in total. The maximum Gasteiger partial charge on any atom is 0.0972 e. The smallest absolute Gasteiger partial charge is 0.0972 e.